The Bertz CT molecular complexity index is 945. The van der Waals surface area contributed by atoms with Crippen LogP contribution in [-0.2, 0) is 13.2 Å². The van der Waals surface area contributed by atoms with Crippen molar-refractivity contribution in [1.82, 2.24) is 29.5 Å². The molecule has 3 rings (SSSR count). The lowest BCUT2D eigenvalue weighted by Crippen LogP contribution is -2.10. The van der Waals surface area contributed by atoms with E-state index in [4.69, 9.17) is 10.5 Å². The van der Waals surface area contributed by atoms with E-state index in [1.54, 1.807) is 20.9 Å². The maximum Gasteiger partial charge on any atom is 0.435 e. The summed E-state index contributed by atoms with van der Waals surface area (Å²) in [5, 5.41) is 7.66. The van der Waals surface area contributed by atoms with E-state index in [2.05, 4.69) is 20.2 Å². The summed E-state index contributed by atoms with van der Waals surface area (Å²) in [6.45, 7) is 3.62. The van der Waals surface area contributed by atoms with E-state index in [1.807, 2.05) is 0 Å². The van der Waals surface area contributed by atoms with Gasteiger partial charge in [0.05, 0.1) is 18.4 Å². The van der Waals surface area contributed by atoms with Gasteiger partial charge in [0.2, 0.25) is 5.82 Å². The zero-order chi connectivity index (χ0) is 19.1. The minimum Gasteiger partial charge on any atom is -0.475 e. The quantitative estimate of drug-likeness (QED) is 0.760. The lowest BCUT2D eigenvalue weighted by Gasteiger charge is -2.08. The molecule has 8 nitrogen and oxygen atoms in total. The molecule has 26 heavy (non-hydrogen) atoms. The lowest BCUT2D eigenvalue weighted by molar-refractivity contribution is -0.140. The molecule has 0 bridgehead atoms. The first-order valence-electron chi connectivity index (χ1n) is 7.64. The van der Waals surface area contributed by atoms with Crippen LogP contribution in [0.2, 0.25) is 0 Å². The van der Waals surface area contributed by atoms with Crippen molar-refractivity contribution in [3.8, 4) is 22.8 Å². The number of aryl methyl sites for hydroxylation is 1. The van der Waals surface area contributed by atoms with Gasteiger partial charge in [0.15, 0.2) is 5.69 Å². The normalized spacial score (nSPS) is 11.8. The summed E-state index contributed by atoms with van der Waals surface area (Å²) in [5.74, 6) is -0.215. The van der Waals surface area contributed by atoms with Crippen LogP contribution in [0.1, 0.15) is 18.3 Å². The number of nitrogens with two attached hydrogens (primary N) is 1. The Hall–Kier alpha value is -3.11. The van der Waals surface area contributed by atoms with Crippen molar-refractivity contribution in [3.63, 3.8) is 0 Å². The third-order valence-corrected chi connectivity index (χ3v) is 3.82. The molecule has 0 amide bonds. The zero-order valence-electron chi connectivity index (χ0n) is 14.2. The molecular formula is C15H16F3N7O. The largest absolute Gasteiger partial charge is 0.475 e. The Morgan fingerprint density at radius 2 is 1.92 bits per heavy atom. The Labute approximate surface area is 146 Å². The number of ether oxygens (including phenoxy) is 1. The molecule has 0 spiro atoms. The van der Waals surface area contributed by atoms with Gasteiger partial charge in [-0.1, -0.05) is 0 Å². The number of rotatable bonds is 4. The average molecular weight is 367 g/mol. The van der Waals surface area contributed by atoms with E-state index in [0.717, 1.165) is 4.68 Å². The third-order valence-electron chi connectivity index (χ3n) is 3.82. The third kappa shape index (κ3) is 2.85. The van der Waals surface area contributed by atoms with Crippen molar-refractivity contribution in [3.05, 3.63) is 30.0 Å². The van der Waals surface area contributed by atoms with Crippen LogP contribution < -0.4 is 10.5 Å². The SMILES string of the molecule is CCOc1nccnc1-n1nc(C(F)(F)F)c(-c2cnn(C)c2C)c1N. The predicted octanol–water partition coefficient (Wildman–Crippen LogP) is 2.37. The number of nitrogen functional groups attached to an aromatic ring is 1. The fourth-order valence-corrected chi connectivity index (χ4v) is 2.50. The van der Waals surface area contributed by atoms with E-state index in [0.29, 0.717) is 5.69 Å². The topological polar surface area (TPSA) is 96.7 Å². The Kier molecular flexibility index (Phi) is 4.30. The highest BCUT2D eigenvalue weighted by molar-refractivity contribution is 5.79. The molecule has 0 aromatic carbocycles. The summed E-state index contributed by atoms with van der Waals surface area (Å²) < 4.78 is 48.5. The first-order chi connectivity index (χ1) is 12.3. The molecule has 0 fully saturated rings. The van der Waals surface area contributed by atoms with E-state index in [1.165, 1.54) is 23.3 Å². The second-order valence-corrected chi connectivity index (χ2v) is 5.40. The van der Waals surface area contributed by atoms with Gasteiger partial charge in [-0.15, -0.1) is 0 Å². The lowest BCUT2D eigenvalue weighted by atomic mass is 10.1. The standard InChI is InChI=1S/C15H16F3N7O/c1-4-26-14-13(20-5-6-21-14)25-12(19)10(11(23-25)15(16,17)18)9-7-22-24(3)8(9)2/h5-7H,4,19H2,1-3H3. The minimum atomic E-state index is -4.72. The number of hydrogen-bond donors (Lipinski definition) is 1. The van der Waals surface area contributed by atoms with Gasteiger partial charge in [-0.05, 0) is 13.8 Å². The van der Waals surface area contributed by atoms with Gasteiger partial charge in [-0.3, -0.25) is 4.68 Å². The molecule has 0 saturated carbocycles. The van der Waals surface area contributed by atoms with Gasteiger partial charge in [0, 0.05) is 30.7 Å². The van der Waals surface area contributed by atoms with Gasteiger partial charge in [-0.25, -0.2) is 9.97 Å². The molecule has 3 aromatic heterocycles. The molecule has 2 N–H and O–H groups in total. The molecule has 3 aromatic rings. The molecule has 0 atom stereocenters. The van der Waals surface area contributed by atoms with Crippen LogP contribution >= 0.6 is 0 Å². The van der Waals surface area contributed by atoms with Gasteiger partial charge < -0.3 is 10.5 Å². The first kappa shape index (κ1) is 17.7. The summed E-state index contributed by atoms with van der Waals surface area (Å²) in [5.41, 5.74) is 5.43. The van der Waals surface area contributed by atoms with Crippen molar-refractivity contribution in [2.75, 3.05) is 12.3 Å². The summed E-state index contributed by atoms with van der Waals surface area (Å²) in [6.07, 6.45) is -0.709. The Morgan fingerprint density at radius 1 is 1.23 bits per heavy atom. The molecular weight excluding hydrogens is 351 g/mol. The number of aromatic nitrogens is 6. The van der Waals surface area contributed by atoms with Crippen LogP contribution in [0.4, 0.5) is 19.0 Å². The summed E-state index contributed by atoms with van der Waals surface area (Å²) >= 11 is 0. The predicted molar refractivity (Wildman–Crippen MR) is 86.7 cm³/mol. The molecule has 3 heterocycles. The van der Waals surface area contributed by atoms with E-state index < -0.39 is 11.9 Å². The molecule has 0 saturated heterocycles. The summed E-state index contributed by atoms with van der Waals surface area (Å²) in [7, 11) is 1.63. The van der Waals surface area contributed by atoms with Crippen LogP contribution in [0.3, 0.4) is 0 Å². The van der Waals surface area contributed by atoms with Crippen LogP contribution in [0.25, 0.3) is 16.9 Å². The number of alkyl halides is 3. The summed E-state index contributed by atoms with van der Waals surface area (Å²) in [4.78, 5) is 8.01. The Morgan fingerprint density at radius 3 is 2.50 bits per heavy atom. The van der Waals surface area contributed by atoms with Crippen LogP contribution in [-0.4, -0.2) is 36.1 Å². The van der Waals surface area contributed by atoms with Crippen molar-refractivity contribution in [2.24, 2.45) is 7.05 Å². The van der Waals surface area contributed by atoms with E-state index in [9.17, 15) is 13.2 Å². The van der Waals surface area contributed by atoms with E-state index in [-0.39, 0.29) is 35.2 Å². The highest BCUT2D eigenvalue weighted by Crippen LogP contribution is 2.41. The van der Waals surface area contributed by atoms with Crippen LogP contribution in [0.5, 0.6) is 5.88 Å². The van der Waals surface area contributed by atoms with Crippen molar-refractivity contribution >= 4 is 5.82 Å². The average Bonchev–Trinajstić information content (AvgIpc) is 3.09. The zero-order valence-corrected chi connectivity index (χ0v) is 14.2. The van der Waals surface area contributed by atoms with Crippen molar-refractivity contribution in [2.45, 2.75) is 20.0 Å². The fourth-order valence-electron chi connectivity index (χ4n) is 2.50. The van der Waals surface area contributed by atoms with Gasteiger partial charge in [-0.2, -0.15) is 28.1 Å². The van der Waals surface area contributed by atoms with Crippen molar-refractivity contribution < 1.29 is 17.9 Å². The highest BCUT2D eigenvalue weighted by Gasteiger charge is 2.40. The number of hydrogen-bond acceptors (Lipinski definition) is 6. The van der Waals surface area contributed by atoms with Gasteiger partial charge in [0.25, 0.3) is 5.88 Å². The minimum absolute atomic E-state index is 0.0230. The smallest absolute Gasteiger partial charge is 0.435 e. The van der Waals surface area contributed by atoms with E-state index >= 15 is 0 Å². The molecule has 0 radical (unpaired) electrons. The maximum absolute atomic E-state index is 13.6. The second-order valence-electron chi connectivity index (χ2n) is 5.40. The Balaban J connectivity index is 2.29. The fraction of sp³-hybridized carbons (Fsp3) is 0.333. The van der Waals surface area contributed by atoms with Crippen molar-refractivity contribution in [1.29, 1.82) is 0 Å². The molecule has 0 unspecified atom stereocenters. The first-order valence-corrected chi connectivity index (χ1v) is 7.64. The van der Waals surface area contributed by atoms with Gasteiger partial charge in [0.1, 0.15) is 5.82 Å². The highest BCUT2D eigenvalue weighted by atomic mass is 19.4. The molecule has 11 heteroatoms. The molecule has 138 valence electrons. The number of halogens is 3. The molecule has 0 aliphatic heterocycles. The number of anilines is 1. The second kappa shape index (κ2) is 6.32. The summed E-state index contributed by atoms with van der Waals surface area (Å²) in [6, 6.07) is 0. The molecule has 0 aliphatic carbocycles. The number of nitrogens with zero attached hydrogens (tertiary/aromatic N) is 6. The monoisotopic (exact) mass is 367 g/mol. The van der Waals surface area contributed by atoms with Gasteiger partial charge >= 0.3 is 6.18 Å². The maximum atomic E-state index is 13.6. The molecule has 0 aliphatic rings. The van der Waals surface area contributed by atoms with Crippen LogP contribution in [0.15, 0.2) is 18.6 Å². The van der Waals surface area contributed by atoms with Crippen LogP contribution in [0, 0.1) is 6.92 Å².